The van der Waals surface area contributed by atoms with Gasteiger partial charge in [0.05, 0.1) is 20.4 Å². The second-order valence-electron chi connectivity index (χ2n) is 7.63. The fourth-order valence-electron chi connectivity index (χ4n) is 3.37. The Bertz CT molecular complexity index is 1050. The van der Waals surface area contributed by atoms with Gasteiger partial charge in [-0.05, 0) is 75.0 Å². The van der Waals surface area contributed by atoms with Crippen molar-refractivity contribution < 1.29 is 34.2 Å². The molecule has 0 aliphatic carbocycles. The van der Waals surface area contributed by atoms with Gasteiger partial charge in [-0.15, -0.1) is 0 Å². The first-order valence-electron chi connectivity index (χ1n) is 9.67. The second-order valence-corrected chi connectivity index (χ2v) is 10.5. The van der Waals surface area contributed by atoms with Crippen LogP contribution in [0.25, 0.3) is 0 Å². The highest BCUT2D eigenvalue weighted by molar-refractivity contribution is 9.11. The average Bonchev–Trinajstić information content (AvgIpc) is 2.76. The smallest absolute Gasteiger partial charge is 0.364 e. The number of nitrogens with zero attached hydrogens (tertiary/aromatic N) is 1. The minimum absolute atomic E-state index is 0.0515. The van der Waals surface area contributed by atoms with E-state index in [1.807, 2.05) is 0 Å². The van der Waals surface area contributed by atoms with Crippen LogP contribution in [-0.4, -0.2) is 45.2 Å². The summed E-state index contributed by atoms with van der Waals surface area (Å²) in [4.78, 5) is 25.6. The van der Waals surface area contributed by atoms with Gasteiger partial charge >= 0.3 is 14.4 Å². The van der Waals surface area contributed by atoms with Gasteiger partial charge in [0.1, 0.15) is 11.5 Å². The number of likely N-dealkylation sites (tertiary alicyclic amines) is 1. The second kappa shape index (κ2) is 9.87. The molecular formula is C21H21Br2NO7P+. The van der Waals surface area contributed by atoms with Crippen LogP contribution in [0.1, 0.15) is 35.7 Å². The minimum Gasteiger partial charge on any atom is -0.507 e. The van der Waals surface area contributed by atoms with Crippen LogP contribution < -0.4 is 4.74 Å². The number of hydrogen-bond acceptors (Lipinski definition) is 6. The lowest BCUT2D eigenvalue weighted by molar-refractivity contribution is -0.143. The summed E-state index contributed by atoms with van der Waals surface area (Å²) in [5.41, 5.74) is 0.471. The molecule has 2 aromatic rings. The zero-order valence-electron chi connectivity index (χ0n) is 17.0. The number of ether oxygens (including phenoxy) is 1. The van der Waals surface area contributed by atoms with E-state index in [9.17, 15) is 24.4 Å². The van der Waals surface area contributed by atoms with Gasteiger partial charge in [-0.2, -0.15) is 0 Å². The standard InChI is InChI=1S/C21H20Br2NO7P/c1-21(29,32-30)12-8-15(22)18(16(23)9-12)31-13-2-3-17(25)14(10-13)19(26)24-6-4-11(5-7-24)20(27)28/h2-3,8-11,25,29H,4-7H2,1H3,(H,27,28)/p+1. The van der Waals surface area contributed by atoms with E-state index in [4.69, 9.17) is 9.84 Å². The van der Waals surface area contributed by atoms with Crippen molar-refractivity contribution in [2.75, 3.05) is 13.1 Å². The molecule has 0 saturated carbocycles. The van der Waals surface area contributed by atoms with E-state index in [0.717, 1.165) is 0 Å². The predicted molar refractivity (Wildman–Crippen MR) is 125 cm³/mol. The molecule has 1 aliphatic rings. The van der Waals surface area contributed by atoms with Crippen molar-refractivity contribution in [1.82, 2.24) is 4.90 Å². The highest BCUT2D eigenvalue weighted by Gasteiger charge is 2.33. The van der Waals surface area contributed by atoms with Crippen LogP contribution in [0.5, 0.6) is 17.2 Å². The lowest BCUT2D eigenvalue weighted by Gasteiger charge is -2.30. The lowest BCUT2D eigenvalue weighted by atomic mass is 9.96. The number of carboxylic acid groups (broad SMARTS) is 1. The highest BCUT2D eigenvalue weighted by atomic mass is 79.9. The number of amides is 1. The Balaban J connectivity index is 1.83. The number of hydrogen-bond donors (Lipinski definition) is 3. The quantitative estimate of drug-likeness (QED) is 0.412. The highest BCUT2D eigenvalue weighted by Crippen LogP contribution is 2.43. The fraction of sp³-hybridized carbons (Fsp3) is 0.333. The average molecular weight is 590 g/mol. The Hall–Kier alpha value is -2.00. The summed E-state index contributed by atoms with van der Waals surface area (Å²) in [6, 6.07) is 7.45. The number of aliphatic carboxylic acids is 1. The van der Waals surface area contributed by atoms with Crippen LogP contribution >= 0.6 is 40.3 Å². The lowest BCUT2D eigenvalue weighted by Crippen LogP contribution is -2.40. The van der Waals surface area contributed by atoms with Crippen LogP contribution in [0.2, 0.25) is 0 Å². The Kier molecular flexibility index (Phi) is 7.60. The van der Waals surface area contributed by atoms with Crippen molar-refractivity contribution in [2.24, 2.45) is 5.92 Å². The molecular weight excluding hydrogens is 569 g/mol. The monoisotopic (exact) mass is 588 g/mol. The third-order valence-electron chi connectivity index (χ3n) is 5.31. The van der Waals surface area contributed by atoms with E-state index < -0.39 is 31.6 Å². The molecule has 0 bridgehead atoms. The number of piperidine rings is 1. The molecule has 11 heteroatoms. The third-order valence-corrected chi connectivity index (χ3v) is 7.17. The number of phenolic OH excluding ortho intramolecular Hbond substituents is 1. The fourth-order valence-corrected chi connectivity index (χ4v) is 4.98. The molecule has 1 saturated heterocycles. The van der Waals surface area contributed by atoms with Crippen molar-refractivity contribution in [3.05, 3.63) is 50.4 Å². The molecule has 170 valence electrons. The van der Waals surface area contributed by atoms with E-state index in [1.165, 1.54) is 30.0 Å². The van der Waals surface area contributed by atoms with Gasteiger partial charge in [0.25, 0.3) is 11.2 Å². The summed E-state index contributed by atoms with van der Waals surface area (Å²) in [5, 5.41) is 28.1. The molecule has 2 atom stereocenters. The van der Waals surface area contributed by atoms with E-state index in [2.05, 4.69) is 31.9 Å². The van der Waals surface area contributed by atoms with E-state index >= 15 is 0 Å². The topological polar surface area (TPSA) is 124 Å². The van der Waals surface area contributed by atoms with Gasteiger partial charge in [0.2, 0.25) is 0 Å². The molecule has 0 aromatic heterocycles. The Morgan fingerprint density at radius 3 is 2.28 bits per heavy atom. The number of carbonyl (C=O) groups excluding carboxylic acids is 1. The summed E-state index contributed by atoms with van der Waals surface area (Å²) in [6.45, 7) is 2.02. The van der Waals surface area contributed by atoms with Crippen LogP contribution in [0.3, 0.4) is 0 Å². The first kappa shape index (κ1) is 24.6. The minimum atomic E-state index is -1.52. The number of halogens is 2. The molecule has 1 amide bonds. The number of phenols is 1. The number of aromatic hydroxyl groups is 1. The number of benzene rings is 2. The summed E-state index contributed by atoms with van der Waals surface area (Å²) >= 11 is 6.76. The van der Waals surface area contributed by atoms with Crippen molar-refractivity contribution in [1.29, 1.82) is 0 Å². The molecule has 0 spiro atoms. The molecule has 3 N–H and O–H groups in total. The maximum absolute atomic E-state index is 12.9. The van der Waals surface area contributed by atoms with E-state index in [-0.39, 0.29) is 17.1 Å². The molecule has 8 nitrogen and oxygen atoms in total. The predicted octanol–water partition coefficient (Wildman–Crippen LogP) is 4.84. The molecule has 2 aromatic carbocycles. The van der Waals surface area contributed by atoms with Crippen LogP contribution in [0, 0.1) is 5.92 Å². The van der Waals surface area contributed by atoms with Crippen molar-refractivity contribution >= 4 is 52.2 Å². The number of rotatable bonds is 6. The van der Waals surface area contributed by atoms with E-state index in [0.29, 0.717) is 46.2 Å². The molecule has 2 unspecified atom stereocenters. The molecule has 0 radical (unpaired) electrons. The largest absolute Gasteiger partial charge is 0.507 e. The third kappa shape index (κ3) is 5.31. The molecule has 3 rings (SSSR count). The van der Waals surface area contributed by atoms with Crippen molar-refractivity contribution in [3.8, 4) is 17.2 Å². The van der Waals surface area contributed by atoms with E-state index in [1.54, 1.807) is 12.1 Å². The maximum atomic E-state index is 12.9. The maximum Gasteiger partial charge on any atom is 0.364 e. The van der Waals surface area contributed by atoms with Crippen LogP contribution in [0.4, 0.5) is 0 Å². The van der Waals surface area contributed by atoms with Gasteiger partial charge < -0.3 is 25.0 Å². The van der Waals surface area contributed by atoms with Crippen molar-refractivity contribution in [2.45, 2.75) is 25.1 Å². The van der Waals surface area contributed by atoms with Gasteiger partial charge in [-0.3, -0.25) is 9.59 Å². The first-order chi connectivity index (χ1) is 15.0. The molecule has 1 fully saturated rings. The zero-order chi connectivity index (χ0) is 23.6. The first-order valence-corrected chi connectivity index (χ1v) is 12.2. The van der Waals surface area contributed by atoms with Gasteiger partial charge in [-0.1, -0.05) is 4.57 Å². The zero-order valence-corrected chi connectivity index (χ0v) is 21.1. The SMILES string of the molecule is CC(O)([PH+]=O)c1cc(Br)c(Oc2ccc(O)c(C(=O)N3CCC(C(=O)O)CC3)c2)c(Br)c1. The van der Waals surface area contributed by atoms with Gasteiger partial charge in [0, 0.05) is 25.6 Å². The number of carbonyl (C=O) groups is 2. The molecule has 32 heavy (non-hydrogen) atoms. The van der Waals surface area contributed by atoms with Crippen molar-refractivity contribution in [3.63, 3.8) is 0 Å². The number of carboxylic acids is 1. The van der Waals surface area contributed by atoms with Crippen LogP contribution in [-0.2, 0) is 14.7 Å². The molecule has 1 heterocycles. The van der Waals surface area contributed by atoms with Gasteiger partial charge in [-0.25, -0.2) is 0 Å². The molecule has 1 aliphatic heterocycles. The Labute approximate surface area is 202 Å². The summed E-state index contributed by atoms with van der Waals surface area (Å²) in [7, 11) is -0.962. The summed E-state index contributed by atoms with van der Waals surface area (Å²) < 4.78 is 18.2. The van der Waals surface area contributed by atoms with Crippen LogP contribution in [0.15, 0.2) is 39.3 Å². The number of aliphatic hydroxyl groups is 1. The normalized spacial score (nSPS) is 16.6. The summed E-state index contributed by atoms with van der Waals surface area (Å²) in [6.07, 6.45) is 0.718. The summed E-state index contributed by atoms with van der Waals surface area (Å²) in [5.74, 6) is -1.29. The Morgan fingerprint density at radius 1 is 1.16 bits per heavy atom. The van der Waals surface area contributed by atoms with Gasteiger partial charge in [0.15, 0.2) is 5.75 Å². The Morgan fingerprint density at radius 2 is 1.75 bits per heavy atom.